The second kappa shape index (κ2) is 6.49. The van der Waals surface area contributed by atoms with Gasteiger partial charge in [-0.3, -0.25) is 4.68 Å². The van der Waals surface area contributed by atoms with Crippen LogP contribution < -0.4 is 5.73 Å². The number of aryl methyl sites for hydroxylation is 1. The summed E-state index contributed by atoms with van der Waals surface area (Å²) in [7, 11) is -1.05. The molecule has 0 aliphatic carbocycles. The number of ether oxygens (including phenoxy) is 1. The first-order valence-electron chi connectivity index (χ1n) is 8.40. The summed E-state index contributed by atoms with van der Waals surface area (Å²) < 4.78 is 9.63. The zero-order chi connectivity index (χ0) is 16.4. The van der Waals surface area contributed by atoms with Crippen LogP contribution in [0.2, 0.25) is 25.7 Å². The van der Waals surface area contributed by atoms with Crippen molar-refractivity contribution >= 4 is 13.8 Å². The molecule has 126 valence electrons. The Bertz CT molecular complexity index is 671. The molecular formula is C16H27N5OSi. The molecule has 0 saturated heterocycles. The van der Waals surface area contributed by atoms with Crippen LogP contribution in [-0.2, 0) is 24.4 Å². The Labute approximate surface area is 138 Å². The third kappa shape index (κ3) is 3.84. The summed E-state index contributed by atoms with van der Waals surface area (Å²) in [5.74, 6) is 0. The fourth-order valence-electron chi connectivity index (χ4n) is 2.87. The van der Waals surface area contributed by atoms with Crippen molar-refractivity contribution in [3.8, 4) is 11.3 Å². The molecule has 2 aromatic rings. The van der Waals surface area contributed by atoms with Crippen LogP contribution in [0.3, 0.4) is 0 Å². The van der Waals surface area contributed by atoms with Gasteiger partial charge in [-0.2, -0.15) is 10.2 Å². The molecule has 0 fully saturated rings. The first kappa shape index (κ1) is 16.3. The predicted octanol–water partition coefficient (Wildman–Crippen LogP) is 2.98. The Hall–Kier alpha value is -1.60. The quantitative estimate of drug-likeness (QED) is 0.651. The van der Waals surface area contributed by atoms with E-state index in [9.17, 15) is 0 Å². The Morgan fingerprint density at radius 1 is 1.30 bits per heavy atom. The van der Waals surface area contributed by atoms with Gasteiger partial charge in [-0.25, -0.2) is 4.68 Å². The lowest BCUT2D eigenvalue weighted by Gasteiger charge is -2.15. The molecule has 0 aromatic carbocycles. The first-order valence-corrected chi connectivity index (χ1v) is 12.1. The number of nitrogens with zero attached hydrogens (tertiary/aromatic N) is 4. The van der Waals surface area contributed by atoms with Gasteiger partial charge >= 0.3 is 0 Å². The van der Waals surface area contributed by atoms with Crippen molar-refractivity contribution in [2.24, 2.45) is 0 Å². The van der Waals surface area contributed by atoms with Crippen LogP contribution in [0, 0.1) is 0 Å². The molecule has 0 saturated carbocycles. The molecule has 3 rings (SSSR count). The molecule has 0 unspecified atom stereocenters. The Morgan fingerprint density at radius 2 is 2.13 bits per heavy atom. The van der Waals surface area contributed by atoms with E-state index in [-0.39, 0.29) is 0 Å². The Balaban J connectivity index is 1.68. The van der Waals surface area contributed by atoms with E-state index in [1.165, 1.54) is 18.5 Å². The SMILES string of the molecule is C[Si](C)(C)CCOCn1cc(N)c(-c2cnn3c2CCCC3)n1. The molecule has 0 amide bonds. The molecule has 23 heavy (non-hydrogen) atoms. The van der Waals surface area contributed by atoms with E-state index in [1.807, 2.05) is 12.4 Å². The monoisotopic (exact) mass is 333 g/mol. The van der Waals surface area contributed by atoms with Crippen molar-refractivity contribution in [1.82, 2.24) is 19.6 Å². The second-order valence-corrected chi connectivity index (χ2v) is 13.1. The highest BCUT2D eigenvalue weighted by molar-refractivity contribution is 6.76. The maximum atomic E-state index is 6.17. The summed E-state index contributed by atoms with van der Waals surface area (Å²) in [4.78, 5) is 0. The molecule has 1 aliphatic rings. The van der Waals surface area contributed by atoms with Gasteiger partial charge < -0.3 is 10.5 Å². The van der Waals surface area contributed by atoms with E-state index < -0.39 is 8.07 Å². The molecule has 7 heteroatoms. The van der Waals surface area contributed by atoms with Crippen LogP contribution >= 0.6 is 0 Å². The molecule has 0 bridgehead atoms. The van der Waals surface area contributed by atoms with E-state index in [0.717, 1.165) is 36.9 Å². The van der Waals surface area contributed by atoms with Crippen LogP contribution in [0.1, 0.15) is 18.5 Å². The lowest BCUT2D eigenvalue weighted by molar-refractivity contribution is 0.0788. The normalized spacial score (nSPS) is 14.9. The molecule has 0 radical (unpaired) electrons. The highest BCUT2D eigenvalue weighted by Gasteiger charge is 2.20. The van der Waals surface area contributed by atoms with Crippen LogP contribution in [0.4, 0.5) is 5.69 Å². The maximum absolute atomic E-state index is 6.17. The van der Waals surface area contributed by atoms with Gasteiger partial charge in [0.1, 0.15) is 12.4 Å². The van der Waals surface area contributed by atoms with Crippen LogP contribution in [-0.4, -0.2) is 34.2 Å². The van der Waals surface area contributed by atoms with Gasteiger partial charge in [0.25, 0.3) is 0 Å². The number of fused-ring (bicyclic) bond motifs is 1. The topological polar surface area (TPSA) is 70.9 Å². The Morgan fingerprint density at radius 3 is 2.91 bits per heavy atom. The van der Waals surface area contributed by atoms with Crippen LogP contribution in [0.5, 0.6) is 0 Å². The average molecular weight is 334 g/mol. The highest BCUT2D eigenvalue weighted by Crippen LogP contribution is 2.30. The summed E-state index contributed by atoms with van der Waals surface area (Å²) in [6, 6.07) is 1.16. The lowest BCUT2D eigenvalue weighted by atomic mass is 10.0. The van der Waals surface area contributed by atoms with Crippen molar-refractivity contribution in [2.75, 3.05) is 12.3 Å². The Kier molecular flexibility index (Phi) is 4.59. The number of anilines is 1. The minimum Gasteiger partial charge on any atom is -0.396 e. The largest absolute Gasteiger partial charge is 0.396 e. The summed E-state index contributed by atoms with van der Waals surface area (Å²) in [6.07, 6.45) is 7.21. The molecule has 0 spiro atoms. The predicted molar refractivity (Wildman–Crippen MR) is 94.9 cm³/mol. The molecule has 2 aromatic heterocycles. The van der Waals surface area contributed by atoms with Gasteiger partial charge in [-0.15, -0.1) is 0 Å². The minimum atomic E-state index is -1.05. The fraction of sp³-hybridized carbons (Fsp3) is 0.625. The number of aromatic nitrogens is 4. The summed E-state index contributed by atoms with van der Waals surface area (Å²) in [5.41, 5.74) is 10.0. The van der Waals surface area contributed by atoms with E-state index in [4.69, 9.17) is 10.5 Å². The third-order valence-corrected chi connectivity index (χ3v) is 5.95. The molecule has 2 N–H and O–H groups in total. The van der Waals surface area contributed by atoms with E-state index in [0.29, 0.717) is 12.4 Å². The number of nitrogen functional groups attached to an aromatic ring is 1. The lowest BCUT2D eigenvalue weighted by Crippen LogP contribution is -2.22. The zero-order valence-corrected chi connectivity index (χ0v) is 15.4. The van der Waals surface area contributed by atoms with E-state index >= 15 is 0 Å². The fourth-order valence-corrected chi connectivity index (χ4v) is 3.62. The highest BCUT2D eigenvalue weighted by atomic mass is 28.3. The molecular weight excluding hydrogens is 306 g/mol. The number of hydrogen-bond donors (Lipinski definition) is 1. The molecule has 6 nitrogen and oxygen atoms in total. The summed E-state index contributed by atoms with van der Waals surface area (Å²) >= 11 is 0. The second-order valence-electron chi connectivity index (χ2n) is 7.51. The number of nitrogens with two attached hydrogens (primary N) is 1. The van der Waals surface area contributed by atoms with Crippen LogP contribution in [0.15, 0.2) is 12.4 Å². The van der Waals surface area contributed by atoms with E-state index in [1.54, 1.807) is 4.68 Å². The number of hydrogen-bond acceptors (Lipinski definition) is 4. The van der Waals surface area contributed by atoms with Gasteiger partial charge in [0, 0.05) is 32.5 Å². The number of rotatable bonds is 6. The van der Waals surface area contributed by atoms with Gasteiger partial charge in [0.05, 0.1) is 18.1 Å². The molecule has 0 atom stereocenters. The average Bonchev–Trinajstić information content (AvgIpc) is 3.06. The summed E-state index contributed by atoms with van der Waals surface area (Å²) in [6.45, 7) is 9.29. The molecule has 1 aliphatic heterocycles. The molecule has 3 heterocycles. The smallest absolute Gasteiger partial charge is 0.139 e. The third-order valence-electron chi connectivity index (χ3n) is 4.25. The maximum Gasteiger partial charge on any atom is 0.139 e. The van der Waals surface area contributed by atoms with E-state index in [2.05, 4.69) is 34.5 Å². The van der Waals surface area contributed by atoms with Crippen molar-refractivity contribution in [1.29, 1.82) is 0 Å². The van der Waals surface area contributed by atoms with Crippen molar-refractivity contribution in [3.05, 3.63) is 18.1 Å². The van der Waals surface area contributed by atoms with Crippen molar-refractivity contribution < 1.29 is 4.74 Å². The zero-order valence-electron chi connectivity index (χ0n) is 14.4. The minimum absolute atomic E-state index is 0.456. The van der Waals surface area contributed by atoms with Gasteiger partial charge in [0.2, 0.25) is 0 Å². The van der Waals surface area contributed by atoms with Gasteiger partial charge in [-0.1, -0.05) is 19.6 Å². The van der Waals surface area contributed by atoms with Crippen LogP contribution in [0.25, 0.3) is 11.3 Å². The van der Waals surface area contributed by atoms with Crippen molar-refractivity contribution in [3.63, 3.8) is 0 Å². The first-order chi connectivity index (χ1) is 10.9. The van der Waals surface area contributed by atoms with Gasteiger partial charge in [-0.05, 0) is 25.3 Å². The summed E-state index contributed by atoms with van der Waals surface area (Å²) in [5, 5.41) is 9.09. The standard InChI is InChI=1S/C16H27N5OSi/c1-23(2,3)9-8-22-12-20-11-14(17)16(19-20)13-10-18-21-7-5-4-6-15(13)21/h10-11H,4-9,12,17H2,1-3H3. The van der Waals surface area contributed by atoms with Gasteiger partial charge in [0.15, 0.2) is 0 Å². The van der Waals surface area contributed by atoms with Crippen molar-refractivity contribution in [2.45, 2.75) is 58.2 Å².